The molecule has 4 heteroatoms. The number of nitrogens with one attached hydrogen (secondary N) is 1. The van der Waals surface area contributed by atoms with Gasteiger partial charge >= 0.3 is 0 Å². The molecule has 1 aromatic carbocycles. The molecule has 80 valence electrons. The van der Waals surface area contributed by atoms with E-state index < -0.39 is 0 Å². The third-order valence-electron chi connectivity index (χ3n) is 1.78. The normalized spacial score (nSPS) is 9.73. The molecule has 0 saturated heterocycles. The lowest BCUT2D eigenvalue weighted by atomic mass is 10.1. The lowest BCUT2D eigenvalue weighted by Gasteiger charge is -2.04. The first kappa shape index (κ1) is 12.3. The summed E-state index contributed by atoms with van der Waals surface area (Å²) in [6, 6.07) is 7.23. The Morgan fingerprint density at radius 2 is 2.27 bits per heavy atom. The lowest BCUT2D eigenvalue weighted by molar-refractivity contribution is 0.0957. The van der Waals surface area contributed by atoms with Crippen LogP contribution in [-0.2, 0) is 5.88 Å². The van der Waals surface area contributed by atoms with Crippen LogP contribution in [0, 0.1) is 0 Å². The van der Waals surface area contributed by atoms with E-state index in [-0.39, 0.29) is 5.91 Å². The number of hydrogen-bond donors (Lipinski definition) is 1. The van der Waals surface area contributed by atoms with Gasteiger partial charge in [-0.2, -0.15) is 0 Å². The molecular formula is C11H11BrClNO. The summed E-state index contributed by atoms with van der Waals surface area (Å²) in [6.07, 6.45) is 0. The number of carbonyl (C=O) groups is 1. The largest absolute Gasteiger partial charge is 0.347 e. The Labute approximate surface area is 102 Å². The van der Waals surface area contributed by atoms with Gasteiger partial charge in [-0.05, 0) is 17.7 Å². The van der Waals surface area contributed by atoms with Gasteiger partial charge in [-0.1, -0.05) is 34.6 Å². The van der Waals surface area contributed by atoms with E-state index >= 15 is 0 Å². The molecule has 1 amide bonds. The molecule has 2 nitrogen and oxygen atoms in total. The number of hydrogen-bond acceptors (Lipinski definition) is 1. The first-order valence-corrected chi connectivity index (χ1v) is 5.72. The predicted octanol–water partition coefficient (Wildman–Crippen LogP) is 3.06. The fraction of sp³-hybridized carbons (Fsp3) is 0.182. The summed E-state index contributed by atoms with van der Waals surface area (Å²) in [5, 5.41) is 2.72. The highest BCUT2D eigenvalue weighted by Crippen LogP contribution is 2.08. The summed E-state index contributed by atoms with van der Waals surface area (Å²) >= 11 is 8.85. The van der Waals surface area contributed by atoms with Gasteiger partial charge in [0, 0.05) is 22.5 Å². The van der Waals surface area contributed by atoms with Gasteiger partial charge in [0.1, 0.15) is 0 Å². The Bertz CT molecular complexity index is 379. The van der Waals surface area contributed by atoms with Crippen LogP contribution in [0.3, 0.4) is 0 Å². The van der Waals surface area contributed by atoms with Crippen LogP contribution in [0.25, 0.3) is 0 Å². The van der Waals surface area contributed by atoms with Gasteiger partial charge in [-0.3, -0.25) is 4.79 Å². The Morgan fingerprint density at radius 1 is 1.53 bits per heavy atom. The Balaban J connectivity index is 2.69. The third-order valence-corrected chi connectivity index (χ3v) is 2.37. The summed E-state index contributed by atoms with van der Waals surface area (Å²) in [5.74, 6) is 0.286. The molecule has 0 aliphatic heterocycles. The molecule has 0 bridgehead atoms. The molecule has 0 aromatic heterocycles. The minimum absolute atomic E-state index is 0.123. The smallest absolute Gasteiger partial charge is 0.251 e. The number of halogens is 2. The van der Waals surface area contributed by atoms with E-state index in [9.17, 15) is 4.79 Å². The molecule has 0 unspecified atom stereocenters. The van der Waals surface area contributed by atoms with Crippen LogP contribution in [0.1, 0.15) is 15.9 Å². The number of amides is 1. The maximum absolute atomic E-state index is 11.6. The molecule has 0 aliphatic rings. The SMILES string of the molecule is C=C(Br)CNC(=O)c1cccc(CCl)c1. The van der Waals surface area contributed by atoms with Crippen molar-refractivity contribution in [2.75, 3.05) is 6.54 Å². The minimum atomic E-state index is -0.123. The van der Waals surface area contributed by atoms with Gasteiger partial charge in [0.05, 0.1) is 0 Å². The zero-order chi connectivity index (χ0) is 11.3. The van der Waals surface area contributed by atoms with Crippen LogP contribution >= 0.6 is 27.5 Å². The molecule has 1 aromatic rings. The number of benzene rings is 1. The third kappa shape index (κ3) is 4.06. The van der Waals surface area contributed by atoms with Gasteiger partial charge in [0.2, 0.25) is 0 Å². The van der Waals surface area contributed by atoms with Crippen LogP contribution in [0.15, 0.2) is 35.3 Å². The average molecular weight is 289 g/mol. The van der Waals surface area contributed by atoms with Crippen molar-refractivity contribution in [2.45, 2.75) is 5.88 Å². The molecule has 0 heterocycles. The fourth-order valence-corrected chi connectivity index (χ4v) is 1.38. The highest BCUT2D eigenvalue weighted by molar-refractivity contribution is 9.11. The van der Waals surface area contributed by atoms with E-state index in [4.69, 9.17) is 11.6 Å². The van der Waals surface area contributed by atoms with Gasteiger partial charge in [0.25, 0.3) is 5.91 Å². The average Bonchev–Trinajstić information content (AvgIpc) is 2.26. The first-order valence-electron chi connectivity index (χ1n) is 4.40. The van der Waals surface area contributed by atoms with Crippen molar-refractivity contribution in [3.05, 3.63) is 46.5 Å². The van der Waals surface area contributed by atoms with Crippen molar-refractivity contribution in [3.63, 3.8) is 0 Å². The summed E-state index contributed by atoms with van der Waals surface area (Å²) in [6.45, 7) is 4.06. The molecule has 0 saturated carbocycles. The second-order valence-corrected chi connectivity index (χ2v) is 4.42. The monoisotopic (exact) mass is 287 g/mol. The van der Waals surface area contributed by atoms with Gasteiger partial charge in [0.15, 0.2) is 0 Å². The molecule has 0 spiro atoms. The van der Waals surface area contributed by atoms with E-state index in [0.29, 0.717) is 18.0 Å². The standard InChI is InChI=1S/C11H11BrClNO/c1-8(12)7-14-11(15)10-4-2-3-9(5-10)6-13/h2-5H,1,6-7H2,(H,14,15). The van der Waals surface area contributed by atoms with Crippen molar-refractivity contribution < 1.29 is 4.79 Å². The molecule has 1 N–H and O–H groups in total. The maximum Gasteiger partial charge on any atom is 0.251 e. The Morgan fingerprint density at radius 3 is 2.87 bits per heavy atom. The quantitative estimate of drug-likeness (QED) is 0.848. The van der Waals surface area contributed by atoms with Crippen LogP contribution < -0.4 is 5.32 Å². The maximum atomic E-state index is 11.6. The number of alkyl halides is 1. The van der Waals surface area contributed by atoms with Crippen LogP contribution in [0.2, 0.25) is 0 Å². The fourth-order valence-electron chi connectivity index (χ4n) is 1.07. The van der Waals surface area contributed by atoms with Gasteiger partial charge < -0.3 is 5.32 Å². The van der Waals surface area contributed by atoms with E-state index in [1.54, 1.807) is 12.1 Å². The topological polar surface area (TPSA) is 29.1 Å². The van der Waals surface area contributed by atoms with Crippen molar-refractivity contribution >= 4 is 33.4 Å². The summed E-state index contributed by atoms with van der Waals surface area (Å²) in [4.78, 5) is 11.6. The molecule has 1 rings (SSSR count). The zero-order valence-electron chi connectivity index (χ0n) is 8.09. The van der Waals surface area contributed by atoms with E-state index in [2.05, 4.69) is 27.8 Å². The minimum Gasteiger partial charge on any atom is -0.347 e. The molecule has 0 aliphatic carbocycles. The van der Waals surface area contributed by atoms with Gasteiger partial charge in [-0.15, -0.1) is 11.6 Å². The van der Waals surface area contributed by atoms with Crippen LogP contribution in [0.5, 0.6) is 0 Å². The Hall–Kier alpha value is -0.800. The highest BCUT2D eigenvalue weighted by Gasteiger charge is 2.05. The summed E-state index contributed by atoms with van der Waals surface area (Å²) < 4.78 is 0.740. The molecule has 15 heavy (non-hydrogen) atoms. The van der Waals surface area contributed by atoms with E-state index in [0.717, 1.165) is 10.0 Å². The van der Waals surface area contributed by atoms with Crippen molar-refractivity contribution in [1.29, 1.82) is 0 Å². The Kier molecular flexibility index (Phi) is 4.85. The molecule has 0 atom stereocenters. The first-order chi connectivity index (χ1) is 7.13. The highest BCUT2D eigenvalue weighted by atomic mass is 79.9. The van der Waals surface area contributed by atoms with E-state index in [1.165, 1.54) is 0 Å². The molecular weight excluding hydrogens is 277 g/mol. The van der Waals surface area contributed by atoms with Crippen molar-refractivity contribution in [1.82, 2.24) is 5.32 Å². The van der Waals surface area contributed by atoms with Crippen molar-refractivity contribution in [3.8, 4) is 0 Å². The van der Waals surface area contributed by atoms with Gasteiger partial charge in [-0.25, -0.2) is 0 Å². The molecule has 0 fully saturated rings. The second kappa shape index (κ2) is 5.93. The summed E-state index contributed by atoms with van der Waals surface area (Å²) in [7, 11) is 0. The zero-order valence-corrected chi connectivity index (χ0v) is 10.4. The second-order valence-electron chi connectivity index (χ2n) is 3.03. The predicted molar refractivity (Wildman–Crippen MR) is 66.4 cm³/mol. The molecule has 0 radical (unpaired) electrons. The van der Waals surface area contributed by atoms with Crippen LogP contribution in [0.4, 0.5) is 0 Å². The number of rotatable bonds is 4. The number of carbonyl (C=O) groups excluding carboxylic acids is 1. The van der Waals surface area contributed by atoms with Crippen LogP contribution in [-0.4, -0.2) is 12.5 Å². The van der Waals surface area contributed by atoms with E-state index in [1.807, 2.05) is 12.1 Å². The summed E-state index contributed by atoms with van der Waals surface area (Å²) in [5.41, 5.74) is 1.55. The lowest BCUT2D eigenvalue weighted by Crippen LogP contribution is -2.24. The van der Waals surface area contributed by atoms with Crippen molar-refractivity contribution in [2.24, 2.45) is 0 Å².